The summed E-state index contributed by atoms with van der Waals surface area (Å²) in [4.78, 5) is 23.2. The van der Waals surface area contributed by atoms with Gasteiger partial charge in [-0.1, -0.05) is 55.9 Å². The fourth-order valence-corrected chi connectivity index (χ4v) is 5.46. The van der Waals surface area contributed by atoms with Gasteiger partial charge in [0.2, 0.25) is 0 Å². The lowest BCUT2D eigenvalue weighted by atomic mass is 10.1. The van der Waals surface area contributed by atoms with Crippen LogP contribution in [0, 0.1) is 5.92 Å². The SMILES string of the molecule is CC(C)Cc1sc(Nc2ncc(C(F)(F)F)cc2C(=O)O)nc1-c1ccc(Sc2ccccc2)cc1. The van der Waals surface area contributed by atoms with Gasteiger partial charge >= 0.3 is 12.1 Å². The van der Waals surface area contributed by atoms with Crippen LogP contribution in [0.5, 0.6) is 0 Å². The second-order valence-electron chi connectivity index (χ2n) is 8.38. The molecule has 0 atom stereocenters. The number of carboxylic acids is 1. The Morgan fingerprint density at radius 2 is 1.75 bits per heavy atom. The van der Waals surface area contributed by atoms with Crippen LogP contribution < -0.4 is 5.32 Å². The standard InChI is InChI=1S/C26H22F3N3O2S2/c1-15(2)12-21-22(16-8-10-19(11-9-16)35-18-6-4-3-5-7-18)31-25(36-21)32-23-20(24(33)34)13-17(14-30-23)26(27,28)29/h3-11,13-15H,12H2,1-2H3,(H,33,34)(H,30,31,32). The summed E-state index contributed by atoms with van der Waals surface area (Å²) >= 11 is 2.98. The van der Waals surface area contributed by atoms with E-state index in [-0.39, 0.29) is 5.82 Å². The number of benzene rings is 2. The van der Waals surface area contributed by atoms with Crippen LogP contribution in [-0.4, -0.2) is 21.0 Å². The Morgan fingerprint density at radius 3 is 2.36 bits per heavy atom. The number of nitrogens with zero attached hydrogens (tertiary/aromatic N) is 2. The Labute approximate surface area is 214 Å². The molecule has 36 heavy (non-hydrogen) atoms. The van der Waals surface area contributed by atoms with Crippen molar-refractivity contribution in [2.75, 3.05) is 5.32 Å². The van der Waals surface area contributed by atoms with E-state index in [0.29, 0.717) is 23.3 Å². The molecule has 4 aromatic rings. The summed E-state index contributed by atoms with van der Waals surface area (Å²) < 4.78 is 39.1. The molecule has 0 bridgehead atoms. The van der Waals surface area contributed by atoms with Crippen LogP contribution in [0.1, 0.15) is 34.6 Å². The number of halogens is 3. The minimum Gasteiger partial charge on any atom is -0.478 e. The Morgan fingerprint density at radius 1 is 1.08 bits per heavy atom. The predicted molar refractivity (Wildman–Crippen MR) is 136 cm³/mol. The highest BCUT2D eigenvalue weighted by Crippen LogP contribution is 2.37. The van der Waals surface area contributed by atoms with Gasteiger partial charge in [-0.05, 0) is 42.7 Å². The van der Waals surface area contributed by atoms with E-state index in [1.165, 1.54) is 11.3 Å². The molecule has 0 aliphatic carbocycles. The fourth-order valence-electron chi connectivity index (χ4n) is 3.43. The molecule has 0 fully saturated rings. The molecule has 0 radical (unpaired) electrons. The zero-order valence-electron chi connectivity index (χ0n) is 19.3. The number of carbonyl (C=O) groups is 1. The van der Waals surface area contributed by atoms with Crippen molar-refractivity contribution in [3.05, 3.63) is 82.9 Å². The summed E-state index contributed by atoms with van der Waals surface area (Å²) in [6, 6.07) is 18.6. The van der Waals surface area contributed by atoms with E-state index in [4.69, 9.17) is 0 Å². The lowest BCUT2D eigenvalue weighted by Gasteiger charge is -2.10. The monoisotopic (exact) mass is 529 g/mol. The van der Waals surface area contributed by atoms with Gasteiger partial charge < -0.3 is 10.4 Å². The molecule has 2 N–H and O–H groups in total. The number of aromatic nitrogens is 2. The Hall–Kier alpha value is -3.37. The average Bonchev–Trinajstić information content (AvgIpc) is 3.21. The van der Waals surface area contributed by atoms with Gasteiger partial charge in [-0.3, -0.25) is 0 Å². The summed E-state index contributed by atoms with van der Waals surface area (Å²) in [5.74, 6) is -1.37. The minimum atomic E-state index is -4.69. The van der Waals surface area contributed by atoms with E-state index in [0.717, 1.165) is 32.3 Å². The third kappa shape index (κ3) is 6.24. The molecule has 0 saturated carbocycles. The number of hydrogen-bond acceptors (Lipinski definition) is 6. The van der Waals surface area contributed by atoms with Gasteiger partial charge in [0.25, 0.3) is 0 Å². The highest BCUT2D eigenvalue weighted by atomic mass is 32.2. The van der Waals surface area contributed by atoms with Crippen molar-refractivity contribution in [1.29, 1.82) is 0 Å². The minimum absolute atomic E-state index is 0.193. The number of nitrogens with one attached hydrogen (secondary N) is 1. The molecule has 0 saturated heterocycles. The third-order valence-corrected chi connectivity index (χ3v) is 7.08. The molecule has 186 valence electrons. The second kappa shape index (κ2) is 10.7. The van der Waals surface area contributed by atoms with Crippen LogP contribution in [0.25, 0.3) is 11.3 Å². The number of alkyl halides is 3. The Bertz CT molecular complexity index is 1360. The largest absolute Gasteiger partial charge is 0.478 e. The van der Waals surface area contributed by atoms with Crippen molar-refractivity contribution in [2.24, 2.45) is 5.92 Å². The van der Waals surface area contributed by atoms with E-state index in [1.54, 1.807) is 11.8 Å². The van der Waals surface area contributed by atoms with Gasteiger partial charge in [0, 0.05) is 26.4 Å². The van der Waals surface area contributed by atoms with E-state index in [9.17, 15) is 23.1 Å². The van der Waals surface area contributed by atoms with Crippen LogP contribution in [0.15, 0.2) is 76.7 Å². The first-order valence-electron chi connectivity index (χ1n) is 11.0. The average molecular weight is 530 g/mol. The number of pyridine rings is 1. The molecular formula is C26H22F3N3O2S2. The van der Waals surface area contributed by atoms with Crippen molar-refractivity contribution >= 4 is 40.0 Å². The number of hydrogen-bond donors (Lipinski definition) is 2. The Balaban J connectivity index is 1.64. The van der Waals surface area contributed by atoms with Crippen molar-refractivity contribution in [3.8, 4) is 11.3 Å². The zero-order chi connectivity index (χ0) is 25.9. The number of rotatable bonds is 8. The topological polar surface area (TPSA) is 75.1 Å². The smallest absolute Gasteiger partial charge is 0.417 e. The van der Waals surface area contributed by atoms with E-state index >= 15 is 0 Å². The lowest BCUT2D eigenvalue weighted by Crippen LogP contribution is -2.11. The predicted octanol–water partition coefficient (Wildman–Crippen LogP) is 8.02. The molecule has 2 aromatic heterocycles. The molecule has 0 spiro atoms. The van der Waals surface area contributed by atoms with Crippen LogP contribution in [0.3, 0.4) is 0 Å². The number of anilines is 2. The number of thiazole rings is 1. The fraction of sp³-hybridized carbons (Fsp3) is 0.192. The molecule has 0 aliphatic rings. The van der Waals surface area contributed by atoms with Crippen LogP contribution >= 0.6 is 23.1 Å². The summed E-state index contributed by atoms with van der Waals surface area (Å²) in [6.45, 7) is 4.16. The van der Waals surface area contributed by atoms with Crippen LogP contribution in [0.4, 0.5) is 24.1 Å². The van der Waals surface area contributed by atoms with Crippen LogP contribution in [0.2, 0.25) is 0 Å². The normalized spacial score (nSPS) is 11.6. The summed E-state index contributed by atoms with van der Waals surface area (Å²) in [5, 5.41) is 12.6. The highest BCUT2D eigenvalue weighted by molar-refractivity contribution is 7.99. The number of aromatic carboxylic acids is 1. The van der Waals surface area contributed by atoms with E-state index in [2.05, 4.69) is 29.1 Å². The quantitative estimate of drug-likeness (QED) is 0.241. The van der Waals surface area contributed by atoms with Gasteiger partial charge in [0.05, 0.1) is 11.3 Å². The van der Waals surface area contributed by atoms with Gasteiger partial charge in [0.1, 0.15) is 11.4 Å². The zero-order valence-corrected chi connectivity index (χ0v) is 21.0. The lowest BCUT2D eigenvalue weighted by molar-refractivity contribution is -0.137. The Kier molecular flexibility index (Phi) is 7.65. The van der Waals surface area contributed by atoms with Gasteiger partial charge in [-0.2, -0.15) is 13.2 Å². The maximum absolute atomic E-state index is 13.0. The van der Waals surface area contributed by atoms with Crippen molar-refractivity contribution in [2.45, 2.75) is 36.2 Å². The molecule has 5 nitrogen and oxygen atoms in total. The summed E-state index contributed by atoms with van der Waals surface area (Å²) in [7, 11) is 0. The first kappa shape index (κ1) is 25.7. The number of carboxylic acid groups (broad SMARTS) is 1. The first-order chi connectivity index (χ1) is 17.1. The van der Waals surface area contributed by atoms with Gasteiger partial charge in [0.15, 0.2) is 5.13 Å². The molecule has 4 rings (SSSR count). The third-order valence-electron chi connectivity index (χ3n) is 5.07. The van der Waals surface area contributed by atoms with Crippen LogP contribution in [-0.2, 0) is 12.6 Å². The molecule has 2 heterocycles. The first-order valence-corrected chi connectivity index (χ1v) is 12.6. The van der Waals surface area contributed by atoms with E-state index < -0.39 is 23.3 Å². The molecule has 0 unspecified atom stereocenters. The highest BCUT2D eigenvalue weighted by Gasteiger charge is 2.32. The second-order valence-corrected chi connectivity index (χ2v) is 10.6. The molecular weight excluding hydrogens is 507 g/mol. The van der Waals surface area contributed by atoms with Gasteiger partial charge in [-0.25, -0.2) is 14.8 Å². The molecule has 10 heteroatoms. The molecule has 2 aromatic carbocycles. The summed E-state index contributed by atoms with van der Waals surface area (Å²) in [6.07, 6.45) is -3.34. The van der Waals surface area contributed by atoms with E-state index in [1.807, 2.05) is 54.6 Å². The maximum atomic E-state index is 13.0. The molecule has 0 aliphatic heterocycles. The van der Waals surface area contributed by atoms with Crippen molar-refractivity contribution < 1.29 is 23.1 Å². The maximum Gasteiger partial charge on any atom is 0.417 e. The van der Waals surface area contributed by atoms with Crippen molar-refractivity contribution in [1.82, 2.24) is 9.97 Å². The molecule has 0 amide bonds. The summed E-state index contributed by atoms with van der Waals surface area (Å²) in [5.41, 5.74) is -0.0593. The van der Waals surface area contributed by atoms with Gasteiger partial charge in [-0.15, -0.1) is 11.3 Å². The van der Waals surface area contributed by atoms with Crippen molar-refractivity contribution in [3.63, 3.8) is 0 Å².